The maximum absolute atomic E-state index is 5.92. The molecule has 0 aromatic heterocycles. The Morgan fingerprint density at radius 3 is 1.60 bits per heavy atom. The Labute approximate surface area is 375 Å². The third-order valence-electron chi connectivity index (χ3n) is 11.3. The Morgan fingerprint density at radius 1 is 0.476 bits per heavy atom. The third-order valence-corrected chi connectivity index (χ3v) is 11.3. The van der Waals surface area contributed by atoms with Crippen LogP contribution in [0, 0.1) is 6.92 Å². The highest BCUT2D eigenvalue weighted by Gasteiger charge is 2.44. The summed E-state index contributed by atoms with van der Waals surface area (Å²) in [6, 6.07) is 72.7. The summed E-state index contributed by atoms with van der Waals surface area (Å²) < 4.78 is 0. The van der Waals surface area contributed by atoms with Crippen molar-refractivity contribution in [1.82, 2.24) is 0 Å². The Kier molecular flexibility index (Phi) is 16.6. The van der Waals surface area contributed by atoms with Crippen molar-refractivity contribution in [2.24, 2.45) is 11.5 Å². The van der Waals surface area contributed by atoms with Crippen molar-refractivity contribution in [1.29, 1.82) is 0 Å². The van der Waals surface area contributed by atoms with Crippen molar-refractivity contribution in [3.8, 4) is 33.4 Å². The predicted octanol–water partition coefficient (Wildman–Crippen LogP) is 14.4. The van der Waals surface area contributed by atoms with Crippen LogP contribution in [0.3, 0.4) is 0 Å². The number of fused-ring (bicyclic) bond motifs is 7. The fourth-order valence-electron chi connectivity index (χ4n) is 8.19. The van der Waals surface area contributed by atoms with Crippen LogP contribution >= 0.6 is 0 Å². The Morgan fingerprint density at radius 2 is 1.00 bits per heavy atom. The second kappa shape index (κ2) is 23.1. The van der Waals surface area contributed by atoms with E-state index in [1.54, 1.807) is 0 Å². The first-order valence-corrected chi connectivity index (χ1v) is 21.6. The molecular formula is C60H59N3. The van der Waals surface area contributed by atoms with Crippen molar-refractivity contribution in [3.63, 3.8) is 0 Å². The van der Waals surface area contributed by atoms with Crippen LogP contribution in [0.2, 0.25) is 0 Å². The third kappa shape index (κ3) is 11.2. The highest BCUT2D eigenvalue weighted by molar-refractivity contribution is 5.87. The van der Waals surface area contributed by atoms with Gasteiger partial charge in [0.1, 0.15) is 0 Å². The van der Waals surface area contributed by atoms with Crippen LogP contribution in [0.15, 0.2) is 238 Å². The Bertz CT molecular complexity index is 2660. The molecular weight excluding hydrogens is 763 g/mol. The number of nitrogens with two attached hydrogens (primary N) is 2. The van der Waals surface area contributed by atoms with Gasteiger partial charge in [-0.3, -0.25) is 0 Å². The number of allylic oxidation sites excluding steroid dienone is 3. The summed E-state index contributed by atoms with van der Waals surface area (Å²) in [6.07, 6.45) is 9.86. The lowest BCUT2D eigenvalue weighted by Crippen LogP contribution is -2.27. The molecule has 1 atom stereocenters. The molecule has 63 heavy (non-hydrogen) atoms. The minimum absolute atomic E-state index is 0.229. The maximum atomic E-state index is 5.92. The first-order chi connectivity index (χ1) is 31.0. The number of benzene rings is 8. The SMILES string of the molecule is C=C.CNc1ccccc1.Cc1ccccc1.NCc1cccc(-c2cccc(-c3ccc4c(c3)C3(C/C=C\C=C/c5ccccc53)c3ccccc3-4)c2)c1.NCc1ccccc1. The Balaban J connectivity index is 0.000000213. The molecule has 8 aromatic rings. The molecule has 0 heterocycles. The second-order valence-electron chi connectivity index (χ2n) is 15.2. The summed E-state index contributed by atoms with van der Waals surface area (Å²) in [7, 11) is 1.91. The molecule has 1 spiro atoms. The summed E-state index contributed by atoms with van der Waals surface area (Å²) in [6.45, 7) is 9.27. The van der Waals surface area contributed by atoms with Crippen LogP contribution in [0.1, 0.15) is 45.4 Å². The van der Waals surface area contributed by atoms with Gasteiger partial charge in [-0.2, -0.15) is 0 Å². The van der Waals surface area contributed by atoms with E-state index < -0.39 is 0 Å². The Hall–Kier alpha value is -7.30. The zero-order valence-electron chi connectivity index (χ0n) is 36.6. The van der Waals surface area contributed by atoms with Gasteiger partial charge in [0, 0.05) is 25.8 Å². The molecule has 0 fully saturated rings. The van der Waals surface area contributed by atoms with Gasteiger partial charge in [0.25, 0.3) is 0 Å². The normalized spacial score (nSPS) is 14.5. The fourth-order valence-corrected chi connectivity index (χ4v) is 8.19. The molecule has 10 rings (SSSR count). The minimum atomic E-state index is -0.229. The molecule has 3 heteroatoms. The highest BCUT2D eigenvalue weighted by Crippen LogP contribution is 2.56. The van der Waals surface area contributed by atoms with E-state index in [-0.39, 0.29) is 5.41 Å². The van der Waals surface area contributed by atoms with Gasteiger partial charge in [-0.1, -0.05) is 206 Å². The van der Waals surface area contributed by atoms with Gasteiger partial charge in [-0.15, -0.1) is 13.2 Å². The zero-order chi connectivity index (χ0) is 44.3. The van der Waals surface area contributed by atoms with Gasteiger partial charge < -0.3 is 16.8 Å². The fraction of sp³-hybridized carbons (Fsp3) is 0.100. The van der Waals surface area contributed by atoms with Crippen molar-refractivity contribution >= 4 is 11.8 Å². The molecule has 0 amide bonds. The largest absolute Gasteiger partial charge is 0.388 e. The standard InChI is InChI=1S/C37H29N.2C7H9N.C7H8.C2H4/c38-25-26-10-8-13-28(22-26)29-14-9-15-30(23-29)31-19-20-33-32-16-4-6-18-35(32)37(36(33)24-31)21-7-1-2-11-27-12-3-5-17-34(27)37;1-8-7-5-3-2-4-6-7;8-6-7-4-2-1-3-5-7;1-7-5-3-2-4-6-7;1-2/h1-20,22-24H,21,25,38H2;2-6,8H,1H3;1-5H,6,8H2;2-6H,1H3;1-2H2/b7-1-,11-2-;;;;. The van der Waals surface area contributed by atoms with E-state index in [4.69, 9.17) is 11.5 Å². The van der Waals surface area contributed by atoms with Gasteiger partial charge in [0.15, 0.2) is 0 Å². The van der Waals surface area contributed by atoms with Gasteiger partial charge in [-0.25, -0.2) is 0 Å². The van der Waals surface area contributed by atoms with E-state index in [0.29, 0.717) is 13.1 Å². The van der Waals surface area contributed by atoms with E-state index >= 15 is 0 Å². The average molecular weight is 822 g/mol. The molecule has 3 nitrogen and oxygen atoms in total. The van der Waals surface area contributed by atoms with E-state index in [1.807, 2.05) is 85.9 Å². The maximum Gasteiger partial charge on any atom is 0.0504 e. The summed E-state index contributed by atoms with van der Waals surface area (Å²) in [4.78, 5) is 0. The molecule has 314 valence electrons. The quantitative estimate of drug-likeness (QED) is 0.152. The molecule has 1 unspecified atom stereocenters. The smallest absolute Gasteiger partial charge is 0.0504 e. The lowest BCUT2D eigenvalue weighted by molar-refractivity contribution is 0.643. The van der Waals surface area contributed by atoms with Gasteiger partial charge in [0.05, 0.1) is 5.41 Å². The number of hydrogen-bond acceptors (Lipinski definition) is 3. The van der Waals surface area contributed by atoms with E-state index in [0.717, 1.165) is 17.7 Å². The first-order valence-electron chi connectivity index (χ1n) is 21.6. The van der Waals surface area contributed by atoms with E-state index in [9.17, 15) is 0 Å². The number of nitrogens with one attached hydrogen (secondary N) is 1. The van der Waals surface area contributed by atoms with Crippen LogP contribution in [-0.4, -0.2) is 7.05 Å². The average Bonchev–Trinajstić information content (AvgIpc) is 3.65. The van der Waals surface area contributed by atoms with Crippen LogP contribution in [-0.2, 0) is 18.5 Å². The van der Waals surface area contributed by atoms with Crippen molar-refractivity contribution in [2.45, 2.75) is 31.8 Å². The number of para-hydroxylation sites is 1. The molecule has 5 N–H and O–H groups in total. The lowest BCUT2D eigenvalue weighted by atomic mass is 9.68. The van der Waals surface area contributed by atoms with Crippen molar-refractivity contribution < 1.29 is 0 Å². The molecule has 0 radical (unpaired) electrons. The number of anilines is 1. The van der Waals surface area contributed by atoms with E-state index in [2.05, 4.69) is 177 Å². The van der Waals surface area contributed by atoms with Crippen LogP contribution in [0.25, 0.3) is 39.5 Å². The monoisotopic (exact) mass is 821 g/mol. The molecule has 8 aromatic carbocycles. The van der Waals surface area contributed by atoms with Gasteiger partial charge in [0.2, 0.25) is 0 Å². The minimum Gasteiger partial charge on any atom is -0.388 e. The summed E-state index contributed by atoms with van der Waals surface area (Å²) >= 11 is 0. The summed E-state index contributed by atoms with van der Waals surface area (Å²) in [5, 5.41) is 3.03. The van der Waals surface area contributed by atoms with Crippen LogP contribution < -0.4 is 16.8 Å². The molecule has 0 saturated carbocycles. The molecule has 0 saturated heterocycles. The topological polar surface area (TPSA) is 64.1 Å². The summed E-state index contributed by atoms with van der Waals surface area (Å²) in [5.41, 5.74) is 28.9. The first kappa shape index (κ1) is 45.2. The predicted molar refractivity (Wildman–Crippen MR) is 273 cm³/mol. The molecule has 0 aliphatic heterocycles. The van der Waals surface area contributed by atoms with Gasteiger partial charge >= 0.3 is 0 Å². The summed E-state index contributed by atoms with van der Waals surface area (Å²) in [5.74, 6) is 0. The molecule has 0 bridgehead atoms. The second-order valence-corrected chi connectivity index (χ2v) is 15.2. The number of hydrogen-bond donors (Lipinski definition) is 3. The zero-order valence-corrected chi connectivity index (χ0v) is 36.6. The van der Waals surface area contributed by atoms with E-state index in [1.165, 1.54) is 66.8 Å². The van der Waals surface area contributed by atoms with Crippen LogP contribution in [0.4, 0.5) is 5.69 Å². The van der Waals surface area contributed by atoms with Crippen LogP contribution in [0.5, 0.6) is 0 Å². The lowest BCUT2D eigenvalue weighted by Gasteiger charge is -2.34. The molecule has 2 aliphatic carbocycles. The van der Waals surface area contributed by atoms with Crippen molar-refractivity contribution in [3.05, 3.63) is 277 Å². The molecule has 2 aliphatic rings. The number of aryl methyl sites for hydroxylation is 1. The highest BCUT2D eigenvalue weighted by atomic mass is 14.8. The van der Waals surface area contributed by atoms with Crippen molar-refractivity contribution in [2.75, 3.05) is 12.4 Å². The number of rotatable bonds is 5. The van der Waals surface area contributed by atoms with Gasteiger partial charge in [-0.05, 0) is 110 Å².